The minimum atomic E-state index is -0.235. The van der Waals surface area contributed by atoms with Crippen molar-refractivity contribution < 1.29 is 9.59 Å². The number of carbonyl (C=O) groups excluding carboxylic acids is 2. The molecule has 32 heavy (non-hydrogen) atoms. The van der Waals surface area contributed by atoms with E-state index in [0.717, 1.165) is 36.8 Å². The number of amides is 4. The fourth-order valence-corrected chi connectivity index (χ4v) is 4.30. The average Bonchev–Trinajstić information content (AvgIpc) is 2.76. The van der Waals surface area contributed by atoms with Gasteiger partial charge in [0.25, 0.3) is 0 Å². The van der Waals surface area contributed by atoms with E-state index >= 15 is 0 Å². The van der Waals surface area contributed by atoms with E-state index in [0.29, 0.717) is 46.3 Å². The average molecular weight is 477 g/mol. The number of aryl methyl sites for hydroxylation is 2. The first-order valence-electron chi connectivity index (χ1n) is 10.9. The van der Waals surface area contributed by atoms with Crippen molar-refractivity contribution in [3.05, 3.63) is 57.6 Å². The molecule has 0 radical (unpaired) electrons. The largest absolute Gasteiger partial charge is 0.338 e. The Morgan fingerprint density at radius 1 is 0.812 bits per heavy atom. The first kappa shape index (κ1) is 24.2. The lowest BCUT2D eigenvalue weighted by molar-refractivity contribution is 0.230. The van der Waals surface area contributed by atoms with Crippen LogP contribution in [0.25, 0.3) is 0 Å². The normalized spacial score (nSPS) is 18.0. The predicted molar refractivity (Wildman–Crippen MR) is 132 cm³/mol. The van der Waals surface area contributed by atoms with Crippen LogP contribution in [0, 0.1) is 25.7 Å². The van der Waals surface area contributed by atoms with Crippen molar-refractivity contribution in [2.24, 2.45) is 11.8 Å². The second kappa shape index (κ2) is 11.4. The fraction of sp³-hybridized carbons (Fsp3) is 0.417. The number of halogens is 2. The van der Waals surface area contributed by atoms with Gasteiger partial charge in [-0.05, 0) is 80.3 Å². The van der Waals surface area contributed by atoms with E-state index in [4.69, 9.17) is 23.2 Å². The second-order valence-electron chi connectivity index (χ2n) is 8.50. The third-order valence-corrected chi connectivity index (χ3v) is 6.67. The highest BCUT2D eigenvalue weighted by Gasteiger charge is 2.23. The van der Waals surface area contributed by atoms with E-state index in [9.17, 15) is 9.59 Å². The van der Waals surface area contributed by atoms with E-state index < -0.39 is 0 Å². The molecule has 4 amide bonds. The molecule has 3 rings (SSSR count). The van der Waals surface area contributed by atoms with Gasteiger partial charge in [0.15, 0.2) is 0 Å². The van der Waals surface area contributed by atoms with Gasteiger partial charge in [0.1, 0.15) is 0 Å². The minimum Gasteiger partial charge on any atom is -0.338 e. The standard InChI is InChI=1S/C24H30Cl2N4O2/c1-15-6-8-19(11-21(15)25)29-23(31)27-13-17-4-3-5-18(10-17)14-28-24(32)30-20-9-7-16(2)22(26)12-20/h6-9,11-12,17-18H,3-5,10,13-14H2,1-2H3,(H2,27,29,31)(H2,28,30,32)/t17-,18-/m0/s1. The summed E-state index contributed by atoms with van der Waals surface area (Å²) in [5, 5.41) is 12.8. The van der Waals surface area contributed by atoms with Crippen LogP contribution in [0.5, 0.6) is 0 Å². The molecule has 0 aromatic heterocycles. The zero-order valence-electron chi connectivity index (χ0n) is 18.4. The summed E-state index contributed by atoms with van der Waals surface area (Å²) < 4.78 is 0. The molecule has 2 aromatic rings. The first-order chi connectivity index (χ1) is 15.3. The fourth-order valence-electron chi connectivity index (χ4n) is 3.94. The zero-order chi connectivity index (χ0) is 23.1. The van der Waals surface area contributed by atoms with Crippen molar-refractivity contribution in [1.82, 2.24) is 10.6 Å². The number of hydrogen-bond donors (Lipinski definition) is 4. The number of urea groups is 2. The van der Waals surface area contributed by atoms with Gasteiger partial charge < -0.3 is 21.3 Å². The van der Waals surface area contributed by atoms with E-state index in [1.807, 2.05) is 38.1 Å². The second-order valence-corrected chi connectivity index (χ2v) is 9.31. The summed E-state index contributed by atoms with van der Waals surface area (Å²) in [5.41, 5.74) is 3.28. The van der Waals surface area contributed by atoms with E-state index in [1.165, 1.54) is 0 Å². The van der Waals surface area contributed by atoms with Crippen molar-refractivity contribution >= 4 is 46.6 Å². The van der Waals surface area contributed by atoms with Crippen LogP contribution in [0.3, 0.4) is 0 Å². The summed E-state index contributed by atoms with van der Waals surface area (Å²) >= 11 is 12.2. The van der Waals surface area contributed by atoms with Gasteiger partial charge in [-0.25, -0.2) is 9.59 Å². The zero-order valence-corrected chi connectivity index (χ0v) is 19.9. The molecule has 0 aliphatic heterocycles. The summed E-state index contributed by atoms with van der Waals surface area (Å²) in [6.45, 7) is 5.05. The third kappa shape index (κ3) is 7.31. The smallest absolute Gasteiger partial charge is 0.319 e. The molecule has 8 heteroatoms. The molecule has 172 valence electrons. The maximum absolute atomic E-state index is 12.2. The summed E-state index contributed by atoms with van der Waals surface area (Å²) in [6.07, 6.45) is 4.19. The van der Waals surface area contributed by atoms with Crippen LogP contribution in [0.4, 0.5) is 21.0 Å². The quantitative estimate of drug-likeness (QED) is 0.391. The van der Waals surface area contributed by atoms with Crippen molar-refractivity contribution in [2.75, 3.05) is 23.7 Å². The molecule has 2 atom stereocenters. The van der Waals surface area contributed by atoms with Crippen LogP contribution in [0.1, 0.15) is 36.8 Å². The molecule has 0 heterocycles. The molecule has 0 spiro atoms. The molecule has 0 unspecified atom stereocenters. The molecular formula is C24H30Cl2N4O2. The van der Waals surface area contributed by atoms with Gasteiger partial charge in [-0.15, -0.1) is 0 Å². The Morgan fingerprint density at radius 3 is 1.66 bits per heavy atom. The lowest BCUT2D eigenvalue weighted by Crippen LogP contribution is -2.38. The molecule has 0 bridgehead atoms. The predicted octanol–water partition coefficient (Wildman–Crippen LogP) is 6.36. The van der Waals surface area contributed by atoms with Gasteiger partial charge in [0.2, 0.25) is 0 Å². The summed E-state index contributed by atoms with van der Waals surface area (Å²) in [7, 11) is 0. The van der Waals surface area contributed by atoms with Gasteiger partial charge in [-0.1, -0.05) is 41.8 Å². The molecule has 1 aliphatic carbocycles. The van der Waals surface area contributed by atoms with Crippen LogP contribution >= 0.6 is 23.2 Å². The Kier molecular flexibility index (Phi) is 8.65. The van der Waals surface area contributed by atoms with Crippen LogP contribution in [-0.4, -0.2) is 25.2 Å². The molecule has 6 nitrogen and oxygen atoms in total. The van der Waals surface area contributed by atoms with Gasteiger partial charge in [0, 0.05) is 34.5 Å². The van der Waals surface area contributed by atoms with Crippen LogP contribution in [-0.2, 0) is 0 Å². The minimum absolute atomic E-state index is 0.235. The highest BCUT2D eigenvalue weighted by atomic mass is 35.5. The molecule has 0 saturated heterocycles. The first-order valence-corrected chi connectivity index (χ1v) is 11.7. The molecule has 2 aromatic carbocycles. The van der Waals surface area contributed by atoms with Gasteiger partial charge >= 0.3 is 12.1 Å². The van der Waals surface area contributed by atoms with Gasteiger partial charge in [-0.2, -0.15) is 0 Å². The topological polar surface area (TPSA) is 82.3 Å². The summed E-state index contributed by atoms with van der Waals surface area (Å²) in [6, 6.07) is 10.4. The van der Waals surface area contributed by atoms with Crippen LogP contribution < -0.4 is 21.3 Å². The molecular weight excluding hydrogens is 447 g/mol. The number of rotatable bonds is 6. The monoisotopic (exact) mass is 476 g/mol. The molecule has 1 saturated carbocycles. The van der Waals surface area contributed by atoms with Crippen molar-refractivity contribution in [3.63, 3.8) is 0 Å². The van der Waals surface area contributed by atoms with Crippen molar-refractivity contribution in [3.8, 4) is 0 Å². The lowest BCUT2D eigenvalue weighted by atomic mass is 9.81. The van der Waals surface area contributed by atoms with E-state index in [1.54, 1.807) is 12.1 Å². The Balaban J connectivity index is 1.38. The van der Waals surface area contributed by atoms with Gasteiger partial charge in [-0.3, -0.25) is 0 Å². The number of anilines is 2. The molecule has 4 N–H and O–H groups in total. The van der Waals surface area contributed by atoms with Gasteiger partial charge in [0.05, 0.1) is 0 Å². The van der Waals surface area contributed by atoms with Crippen molar-refractivity contribution in [1.29, 1.82) is 0 Å². The summed E-state index contributed by atoms with van der Waals surface area (Å²) in [4.78, 5) is 24.5. The Morgan fingerprint density at radius 2 is 1.25 bits per heavy atom. The Bertz CT molecular complexity index is 892. The number of benzene rings is 2. The van der Waals surface area contributed by atoms with Crippen LogP contribution in [0.2, 0.25) is 10.0 Å². The van der Waals surface area contributed by atoms with Crippen LogP contribution in [0.15, 0.2) is 36.4 Å². The highest BCUT2D eigenvalue weighted by molar-refractivity contribution is 6.32. The maximum atomic E-state index is 12.2. The van der Waals surface area contributed by atoms with E-state index in [2.05, 4.69) is 21.3 Å². The number of hydrogen-bond acceptors (Lipinski definition) is 2. The number of nitrogens with one attached hydrogen (secondary N) is 4. The lowest BCUT2D eigenvalue weighted by Gasteiger charge is -2.29. The summed E-state index contributed by atoms with van der Waals surface area (Å²) in [5.74, 6) is 0.781. The van der Waals surface area contributed by atoms with Crippen molar-refractivity contribution in [2.45, 2.75) is 39.5 Å². The Hall–Kier alpha value is -2.44. The Labute approximate surface area is 199 Å². The highest BCUT2D eigenvalue weighted by Crippen LogP contribution is 2.28. The molecule has 1 aliphatic rings. The maximum Gasteiger partial charge on any atom is 0.319 e. The third-order valence-electron chi connectivity index (χ3n) is 5.85. The van der Waals surface area contributed by atoms with E-state index in [-0.39, 0.29) is 12.1 Å². The molecule has 1 fully saturated rings. The number of carbonyl (C=O) groups is 2. The SMILES string of the molecule is Cc1ccc(NC(=O)NC[C@H]2CCC[C@H](CNC(=O)Nc3ccc(C)c(Cl)c3)C2)cc1Cl.